The van der Waals surface area contributed by atoms with Crippen molar-refractivity contribution >= 4 is 17.2 Å². The smallest absolute Gasteiger partial charge is 0.251 e. The van der Waals surface area contributed by atoms with Crippen molar-refractivity contribution in [2.45, 2.75) is 6.04 Å². The molecular formula is C21H22N2O2S. The minimum atomic E-state index is -0.0836. The summed E-state index contributed by atoms with van der Waals surface area (Å²) < 4.78 is 5.75. The van der Waals surface area contributed by atoms with Crippen LogP contribution in [0.3, 0.4) is 0 Å². The number of para-hydroxylation sites is 1. The molecule has 0 spiro atoms. The standard InChI is InChI=1S/C21H22N2O2S/c1-23(2)19(20-9-6-14-26-20)15-22-21(24)16-10-12-18(13-11-16)25-17-7-4-3-5-8-17/h3-14,19H,15H2,1-2H3,(H,22,24)/t19-/m0/s1. The van der Waals surface area contributed by atoms with Gasteiger partial charge in [-0.25, -0.2) is 0 Å². The van der Waals surface area contributed by atoms with Gasteiger partial charge in [-0.1, -0.05) is 24.3 Å². The second-order valence-electron chi connectivity index (χ2n) is 6.14. The molecule has 4 nitrogen and oxygen atoms in total. The van der Waals surface area contributed by atoms with Gasteiger partial charge in [0.05, 0.1) is 6.04 Å². The Kier molecular flexibility index (Phi) is 6.04. The number of thiophene rings is 1. The number of carbonyl (C=O) groups is 1. The average Bonchev–Trinajstić information content (AvgIpc) is 3.17. The van der Waals surface area contributed by atoms with Crippen LogP contribution in [0.5, 0.6) is 11.5 Å². The summed E-state index contributed by atoms with van der Waals surface area (Å²) in [6.07, 6.45) is 0. The van der Waals surface area contributed by atoms with Gasteiger partial charge >= 0.3 is 0 Å². The molecule has 134 valence electrons. The maximum Gasteiger partial charge on any atom is 0.251 e. The summed E-state index contributed by atoms with van der Waals surface area (Å²) in [5, 5.41) is 5.08. The number of ether oxygens (including phenoxy) is 1. The predicted octanol–water partition coefficient (Wildman–Crippen LogP) is 4.57. The van der Waals surface area contributed by atoms with E-state index < -0.39 is 0 Å². The first-order valence-corrected chi connectivity index (χ1v) is 9.32. The van der Waals surface area contributed by atoms with E-state index in [9.17, 15) is 4.79 Å². The van der Waals surface area contributed by atoms with E-state index in [0.717, 1.165) is 5.75 Å². The summed E-state index contributed by atoms with van der Waals surface area (Å²) in [5.41, 5.74) is 0.620. The van der Waals surface area contributed by atoms with Crippen molar-refractivity contribution in [1.29, 1.82) is 0 Å². The molecular weight excluding hydrogens is 344 g/mol. The van der Waals surface area contributed by atoms with Crippen molar-refractivity contribution in [2.75, 3.05) is 20.6 Å². The first kappa shape index (κ1) is 18.2. The summed E-state index contributed by atoms with van der Waals surface area (Å²) in [6, 6.07) is 21.1. The largest absolute Gasteiger partial charge is 0.457 e. The molecule has 0 saturated heterocycles. The maximum atomic E-state index is 12.4. The molecule has 1 aromatic heterocycles. The molecule has 0 saturated carbocycles. The van der Waals surface area contributed by atoms with Gasteiger partial charge in [-0.15, -0.1) is 11.3 Å². The van der Waals surface area contributed by atoms with Crippen molar-refractivity contribution in [3.05, 3.63) is 82.6 Å². The minimum absolute atomic E-state index is 0.0836. The van der Waals surface area contributed by atoms with Crippen LogP contribution in [0.25, 0.3) is 0 Å². The third kappa shape index (κ3) is 4.71. The lowest BCUT2D eigenvalue weighted by molar-refractivity contribution is 0.0942. The zero-order valence-corrected chi connectivity index (χ0v) is 15.7. The molecule has 2 aromatic carbocycles. The fourth-order valence-electron chi connectivity index (χ4n) is 2.61. The topological polar surface area (TPSA) is 41.6 Å². The SMILES string of the molecule is CN(C)[C@@H](CNC(=O)c1ccc(Oc2ccccc2)cc1)c1cccs1. The Hall–Kier alpha value is -2.63. The highest BCUT2D eigenvalue weighted by Crippen LogP contribution is 2.23. The molecule has 0 radical (unpaired) electrons. The normalized spacial score (nSPS) is 12.0. The van der Waals surface area contributed by atoms with Gasteiger partial charge in [-0.3, -0.25) is 4.79 Å². The van der Waals surface area contributed by atoms with Gasteiger partial charge in [-0.2, -0.15) is 0 Å². The van der Waals surface area contributed by atoms with Crippen LogP contribution in [0.4, 0.5) is 0 Å². The molecule has 3 rings (SSSR count). The fourth-order valence-corrected chi connectivity index (χ4v) is 3.53. The maximum absolute atomic E-state index is 12.4. The molecule has 0 aliphatic rings. The number of rotatable bonds is 7. The molecule has 3 aromatic rings. The number of nitrogens with zero attached hydrogens (tertiary/aromatic N) is 1. The summed E-state index contributed by atoms with van der Waals surface area (Å²) >= 11 is 1.70. The minimum Gasteiger partial charge on any atom is -0.457 e. The molecule has 1 heterocycles. The summed E-state index contributed by atoms with van der Waals surface area (Å²) in [4.78, 5) is 15.8. The molecule has 1 N–H and O–H groups in total. The molecule has 0 aliphatic heterocycles. The summed E-state index contributed by atoms with van der Waals surface area (Å²) in [7, 11) is 4.04. The van der Waals surface area contributed by atoms with Gasteiger partial charge in [-0.05, 0) is 61.9 Å². The number of hydrogen-bond donors (Lipinski definition) is 1. The molecule has 26 heavy (non-hydrogen) atoms. The second-order valence-corrected chi connectivity index (χ2v) is 7.12. The molecule has 1 amide bonds. The first-order chi connectivity index (χ1) is 12.6. The Morgan fingerprint density at radius 3 is 2.31 bits per heavy atom. The Bertz CT molecular complexity index is 815. The van der Waals surface area contributed by atoms with Crippen molar-refractivity contribution < 1.29 is 9.53 Å². The van der Waals surface area contributed by atoms with E-state index in [-0.39, 0.29) is 11.9 Å². The van der Waals surface area contributed by atoms with Crippen molar-refractivity contribution in [3.63, 3.8) is 0 Å². The van der Waals surface area contributed by atoms with Crippen LogP contribution < -0.4 is 10.1 Å². The van der Waals surface area contributed by atoms with Crippen molar-refractivity contribution in [3.8, 4) is 11.5 Å². The molecule has 1 atom stereocenters. The van der Waals surface area contributed by atoms with Crippen LogP contribution in [-0.4, -0.2) is 31.4 Å². The van der Waals surface area contributed by atoms with Gasteiger partial charge in [0.25, 0.3) is 5.91 Å². The first-order valence-electron chi connectivity index (χ1n) is 8.44. The van der Waals surface area contributed by atoms with Crippen LogP contribution in [0.15, 0.2) is 72.1 Å². The Morgan fingerprint density at radius 1 is 1.00 bits per heavy atom. The fraction of sp³-hybridized carbons (Fsp3) is 0.190. The number of benzene rings is 2. The molecule has 5 heteroatoms. The molecule has 0 fully saturated rings. The monoisotopic (exact) mass is 366 g/mol. The van der Waals surface area contributed by atoms with Crippen LogP contribution in [-0.2, 0) is 0 Å². The van der Waals surface area contributed by atoms with Crippen molar-refractivity contribution in [1.82, 2.24) is 10.2 Å². The zero-order valence-electron chi connectivity index (χ0n) is 14.9. The number of amides is 1. The third-order valence-corrected chi connectivity index (χ3v) is 5.02. The molecule has 0 bridgehead atoms. The number of nitrogens with one attached hydrogen (secondary N) is 1. The lowest BCUT2D eigenvalue weighted by Crippen LogP contribution is -2.34. The quantitative estimate of drug-likeness (QED) is 0.666. The Labute approximate surface area is 158 Å². The highest BCUT2D eigenvalue weighted by Gasteiger charge is 2.16. The van der Waals surface area contributed by atoms with E-state index in [0.29, 0.717) is 17.9 Å². The Morgan fingerprint density at radius 2 is 1.69 bits per heavy atom. The Balaban J connectivity index is 1.59. The van der Waals surface area contributed by atoms with E-state index >= 15 is 0 Å². The number of hydrogen-bond acceptors (Lipinski definition) is 4. The predicted molar refractivity (Wildman–Crippen MR) is 106 cm³/mol. The summed E-state index contributed by atoms with van der Waals surface area (Å²) in [5.74, 6) is 1.40. The lowest BCUT2D eigenvalue weighted by atomic mass is 10.2. The van der Waals surface area contributed by atoms with Gasteiger partial charge in [0.1, 0.15) is 11.5 Å². The molecule has 0 unspecified atom stereocenters. The average molecular weight is 366 g/mol. The third-order valence-electron chi connectivity index (χ3n) is 4.05. The van der Waals surface area contributed by atoms with E-state index in [1.807, 2.05) is 62.6 Å². The van der Waals surface area contributed by atoms with Crippen LogP contribution in [0.2, 0.25) is 0 Å². The van der Waals surface area contributed by atoms with Crippen molar-refractivity contribution in [2.24, 2.45) is 0 Å². The lowest BCUT2D eigenvalue weighted by Gasteiger charge is -2.23. The second kappa shape index (κ2) is 8.65. The number of likely N-dealkylation sites (N-methyl/N-ethyl adjacent to an activating group) is 1. The zero-order chi connectivity index (χ0) is 18.4. The van der Waals surface area contributed by atoms with E-state index in [4.69, 9.17) is 4.74 Å². The van der Waals surface area contributed by atoms with Crippen LogP contribution >= 0.6 is 11.3 Å². The highest BCUT2D eigenvalue weighted by atomic mass is 32.1. The van der Waals surface area contributed by atoms with E-state index in [1.165, 1.54) is 4.88 Å². The van der Waals surface area contributed by atoms with Gasteiger partial charge < -0.3 is 15.0 Å². The molecule has 0 aliphatic carbocycles. The van der Waals surface area contributed by atoms with Gasteiger partial charge in [0, 0.05) is 17.0 Å². The highest BCUT2D eigenvalue weighted by molar-refractivity contribution is 7.10. The summed E-state index contributed by atoms with van der Waals surface area (Å²) in [6.45, 7) is 0.564. The van der Waals surface area contributed by atoms with Gasteiger partial charge in [0.15, 0.2) is 0 Å². The number of carbonyl (C=O) groups excluding carboxylic acids is 1. The van der Waals surface area contributed by atoms with E-state index in [2.05, 4.69) is 21.7 Å². The van der Waals surface area contributed by atoms with E-state index in [1.54, 1.807) is 23.5 Å². The van der Waals surface area contributed by atoms with Crippen LogP contribution in [0, 0.1) is 0 Å². The van der Waals surface area contributed by atoms with Crippen LogP contribution in [0.1, 0.15) is 21.3 Å². The van der Waals surface area contributed by atoms with Gasteiger partial charge in [0.2, 0.25) is 0 Å².